The minimum Gasteiger partial charge on any atom is -0.377 e. The average Bonchev–Trinajstić information content (AvgIpc) is 3.27. The Balaban J connectivity index is 1.22. The van der Waals surface area contributed by atoms with E-state index in [0.717, 1.165) is 57.6 Å². The van der Waals surface area contributed by atoms with Gasteiger partial charge in [-0.3, -0.25) is 9.78 Å². The molecule has 3 aliphatic rings. The Hall–Kier alpha value is -1.72. The van der Waals surface area contributed by atoms with Crippen molar-refractivity contribution in [2.45, 2.75) is 37.9 Å². The van der Waals surface area contributed by atoms with E-state index in [0.29, 0.717) is 18.4 Å². The number of carbonyl (C=O) groups excluding carboxylic acids is 1. The van der Waals surface area contributed by atoms with Crippen LogP contribution < -0.4 is 0 Å². The van der Waals surface area contributed by atoms with Gasteiger partial charge in [0.25, 0.3) is 0 Å². The lowest BCUT2D eigenvalue weighted by Crippen LogP contribution is -2.66. The molecule has 0 radical (unpaired) electrons. The van der Waals surface area contributed by atoms with E-state index in [1.807, 2.05) is 17.0 Å². The highest BCUT2D eigenvalue weighted by atomic mass is 16.5. The Bertz CT molecular complexity index is 617. The summed E-state index contributed by atoms with van der Waals surface area (Å²) >= 11 is 0. The van der Waals surface area contributed by atoms with Gasteiger partial charge in [-0.1, -0.05) is 12.2 Å². The molecule has 25 heavy (non-hydrogen) atoms. The maximum absolute atomic E-state index is 12.5. The van der Waals surface area contributed by atoms with Crippen molar-refractivity contribution in [3.8, 4) is 0 Å². The van der Waals surface area contributed by atoms with E-state index in [1.165, 1.54) is 0 Å². The number of hydrogen-bond acceptors (Lipinski definition) is 4. The number of amides is 1. The van der Waals surface area contributed by atoms with Gasteiger partial charge in [-0.15, -0.1) is 0 Å². The fourth-order valence-corrected chi connectivity index (χ4v) is 4.27. The molecule has 1 aromatic heterocycles. The first kappa shape index (κ1) is 16.7. The van der Waals surface area contributed by atoms with Crippen LogP contribution >= 0.6 is 0 Å². The van der Waals surface area contributed by atoms with Crippen LogP contribution in [0.5, 0.6) is 0 Å². The number of likely N-dealkylation sites (tertiary alicyclic amines) is 1. The lowest BCUT2D eigenvalue weighted by molar-refractivity contribution is -0.169. The molecule has 1 amide bonds. The van der Waals surface area contributed by atoms with E-state index >= 15 is 0 Å². The molecule has 1 atom stereocenters. The number of ether oxygens (including phenoxy) is 2. The molecule has 0 unspecified atom stereocenters. The van der Waals surface area contributed by atoms with Gasteiger partial charge >= 0.3 is 0 Å². The topological polar surface area (TPSA) is 51.7 Å². The molecule has 0 aromatic carbocycles. The van der Waals surface area contributed by atoms with Crippen LogP contribution in [0.3, 0.4) is 0 Å². The van der Waals surface area contributed by atoms with Gasteiger partial charge in [0.05, 0.1) is 19.7 Å². The average molecular weight is 342 g/mol. The SMILES string of the molecule is O=C(C1CC=CC1)N1CC2(C1)OCC[C@H]2CCOCc1ccncc1. The van der Waals surface area contributed by atoms with Gasteiger partial charge in [-0.25, -0.2) is 0 Å². The zero-order valence-electron chi connectivity index (χ0n) is 14.6. The van der Waals surface area contributed by atoms with Crippen molar-refractivity contribution in [2.24, 2.45) is 11.8 Å². The predicted molar refractivity (Wildman–Crippen MR) is 93.7 cm³/mol. The highest BCUT2D eigenvalue weighted by molar-refractivity contribution is 5.80. The lowest BCUT2D eigenvalue weighted by atomic mass is 9.78. The maximum atomic E-state index is 12.5. The van der Waals surface area contributed by atoms with Gasteiger partial charge in [-0.05, 0) is 49.3 Å². The highest BCUT2D eigenvalue weighted by Crippen LogP contribution is 2.42. The number of aromatic nitrogens is 1. The Morgan fingerprint density at radius 3 is 2.80 bits per heavy atom. The van der Waals surface area contributed by atoms with Gasteiger partial charge in [0, 0.05) is 31.5 Å². The third-order valence-electron chi connectivity index (χ3n) is 5.81. The van der Waals surface area contributed by atoms with Crippen molar-refractivity contribution in [3.63, 3.8) is 0 Å². The molecule has 2 fully saturated rings. The molecule has 134 valence electrons. The Morgan fingerprint density at radius 2 is 2.04 bits per heavy atom. The Labute approximate surface area is 149 Å². The number of allylic oxidation sites excluding steroid dienone is 2. The molecule has 0 saturated carbocycles. The Kier molecular flexibility index (Phi) is 4.86. The summed E-state index contributed by atoms with van der Waals surface area (Å²) in [5.41, 5.74) is 1.04. The molecule has 2 saturated heterocycles. The van der Waals surface area contributed by atoms with Crippen molar-refractivity contribution in [2.75, 3.05) is 26.3 Å². The summed E-state index contributed by atoms with van der Waals surface area (Å²) in [5, 5.41) is 0. The fraction of sp³-hybridized carbons (Fsp3) is 0.600. The fourth-order valence-electron chi connectivity index (χ4n) is 4.27. The Morgan fingerprint density at radius 1 is 1.28 bits per heavy atom. The monoisotopic (exact) mass is 342 g/mol. The van der Waals surface area contributed by atoms with E-state index in [2.05, 4.69) is 17.1 Å². The summed E-state index contributed by atoms with van der Waals surface area (Å²) in [7, 11) is 0. The first-order valence-electron chi connectivity index (χ1n) is 9.31. The molecule has 0 N–H and O–H groups in total. The second-order valence-corrected chi connectivity index (χ2v) is 7.43. The molecule has 1 aliphatic carbocycles. The minimum atomic E-state index is -0.109. The van der Waals surface area contributed by atoms with Crippen LogP contribution in [0.4, 0.5) is 0 Å². The quantitative estimate of drug-likeness (QED) is 0.589. The third kappa shape index (κ3) is 3.48. The zero-order valence-corrected chi connectivity index (χ0v) is 14.6. The van der Waals surface area contributed by atoms with Crippen LogP contribution in [0.1, 0.15) is 31.2 Å². The number of rotatable bonds is 6. The molecule has 1 aromatic rings. The second-order valence-electron chi connectivity index (χ2n) is 7.43. The molecule has 4 rings (SSSR count). The third-order valence-corrected chi connectivity index (χ3v) is 5.81. The van der Waals surface area contributed by atoms with Gasteiger partial charge in [0.1, 0.15) is 5.60 Å². The van der Waals surface area contributed by atoms with Crippen LogP contribution in [-0.4, -0.2) is 47.7 Å². The summed E-state index contributed by atoms with van der Waals surface area (Å²) in [6.45, 7) is 3.69. The zero-order chi connectivity index (χ0) is 17.1. The summed E-state index contributed by atoms with van der Waals surface area (Å²) in [5.74, 6) is 0.968. The first-order chi connectivity index (χ1) is 12.3. The van der Waals surface area contributed by atoms with Crippen molar-refractivity contribution >= 4 is 5.91 Å². The summed E-state index contributed by atoms with van der Waals surface area (Å²) in [4.78, 5) is 18.5. The van der Waals surface area contributed by atoms with Gasteiger partial charge < -0.3 is 14.4 Å². The van der Waals surface area contributed by atoms with E-state index in [9.17, 15) is 4.79 Å². The van der Waals surface area contributed by atoms with E-state index in [4.69, 9.17) is 9.47 Å². The molecule has 2 aliphatic heterocycles. The highest BCUT2D eigenvalue weighted by Gasteiger charge is 2.54. The van der Waals surface area contributed by atoms with Crippen LogP contribution in [0, 0.1) is 11.8 Å². The molecule has 5 nitrogen and oxygen atoms in total. The number of nitrogens with zero attached hydrogens (tertiary/aromatic N) is 2. The summed E-state index contributed by atoms with van der Waals surface area (Å²) in [6, 6.07) is 3.96. The van der Waals surface area contributed by atoms with E-state index in [-0.39, 0.29) is 11.5 Å². The second kappa shape index (κ2) is 7.26. The van der Waals surface area contributed by atoms with Crippen LogP contribution in [0.25, 0.3) is 0 Å². The first-order valence-corrected chi connectivity index (χ1v) is 9.31. The number of pyridine rings is 1. The van der Waals surface area contributed by atoms with E-state index in [1.54, 1.807) is 12.4 Å². The summed E-state index contributed by atoms with van der Waals surface area (Å²) < 4.78 is 11.9. The lowest BCUT2D eigenvalue weighted by Gasteiger charge is -2.51. The van der Waals surface area contributed by atoms with Gasteiger partial charge in [0.15, 0.2) is 0 Å². The van der Waals surface area contributed by atoms with Crippen molar-refractivity contribution in [3.05, 3.63) is 42.2 Å². The van der Waals surface area contributed by atoms with Crippen molar-refractivity contribution in [1.29, 1.82) is 0 Å². The maximum Gasteiger partial charge on any atom is 0.226 e. The predicted octanol–water partition coefficient (Wildman–Crippen LogP) is 2.57. The van der Waals surface area contributed by atoms with Crippen LogP contribution in [-0.2, 0) is 20.9 Å². The van der Waals surface area contributed by atoms with Crippen LogP contribution in [0.15, 0.2) is 36.7 Å². The minimum absolute atomic E-state index is 0.109. The molecule has 5 heteroatoms. The number of carbonyl (C=O) groups is 1. The molecular weight excluding hydrogens is 316 g/mol. The standard InChI is InChI=1S/C20H26N2O3/c23-19(17-3-1-2-4-17)22-14-20(15-22)18(8-12-25-20)7-11-24-13-16-5-9-21-10-6-16/h1-2,5-6,9-10,17-18H,3-4,7-8,11-15H2/t18-/m1/s1. The molecule has 3 heterocycles. The largest absolute Gasteiger partial charge is 0.377 e. The molecule has 0 bridgehead atoms. The van der Waals surface area contributed by atoms with Gasteiger partial charge in [0.2, 0.25) is 5.91 Å². The van der Waals surface area contributed by atoms with Crippen molar-refractivity contribution in [1.82, 2.24) is 9.88 Å². The summed E-state index contributed by atoms with van der Waals surface area (Å²) in [6.07, 6.45) is 11.7. The number of hydrogen-bond donors (Lipinski definition) is 0. The molecular formula is C20H26N2O3. The van der Waals surface area contributed by atoms with E-state index < -0.39 is 0 Å². The molecule has 1 spiro atoms. The van der Waals surface area contributed by atoms with Gasteiger partial charge in [-0.2, -0.15) is 0 Å². The van der Waals surface area contributed by atoms with Crippen molar-refractivity contribution < 1.29 is 14.3 Å². The normalized spacial score (nSPS) is 24.8. The van der Waals surface area contributed by atoms with Crippen LogP contribution in [0.2, 0.25) is 0 Å². The smallest absolute Gasteiger partial charge is 0.226 e.